The molecule has 0 fully saturated rings. The number of para-hydroxylation sites is 4. The molecular weight excluding hydrogens is 518 g/mol. The lowest BCUT2D eigenvalue weighted by molar-refractivity contribution is 1.15. The molecule has 0 saturated carbocycles. The summed E-state index contributed by atoms with van der Waals surface area (Å²) in [5.41, 5.74) is 9.34. The van der Waals surface area contributed by atoms with Gasteiger partial charge in [0.15, 0.2) is 0 Å². The molecule has 3 aromatic heterocycles. The van der Waals surface area contributed by atoms with Gasteiger partial charge in [0.1, 0.15) is 5.01 Å². The topological polar surface area (TPSA) is 22.8 Å². The van der Waals surface area contributed by atoms with Crippen molar-refractivity contribution in [3.8, 4) is 21.9 Å². The predicted molar refractivity (Wildman–Crippen MR) is 174 cm³/mol. The first-order valence-corrected chi connectivity index (χ1v) is 14.6. The number of thiazole rings is 1. The highest BCUT2D eigenvalue weighted by Crippen LogP contribution is 2.41. The number of hydrogen-bond acceptors (Lipinski definition) is 2. The maximum Gasteiger partial charge on any atom is 0.124 e. The van der Waals surface area contributed by atoms with Crippen molar-refractivity contribution in [3.05, 3.63) is 140 Å². The zero-order valence-electron chi connectivity index (χ0n) is 22.0. The van der Waals surface area contributed by atoms with Gasteiger partial charge in [-0.1, -0.05) is 78.9 Å². The minimum Gasteiger partial charge on any atom is -0.307 e. The monoisotopic (exact) mass is 541 g/mol. The predicted octanol–water partition coefficient (Wildman–Crippen LogP) is 10.2. The zero-order chi connectivity index (χ0) is 26.9. The lowest BCUT2D eigenvalue weighted by Gasteiger charge is -2.12. The molecule has 0 N–H and O–H groups in total. The Morgan fingerprint density at radius 1 is 0.439 bits per heavy atom. The molecule has 0 spiro atoms. The van der Waals surface area contributed by atoms with Gasteiger partial charge >= 0.3 is 0 Å². The summed E-state index contributed by atoms with van der Waals surface area (Å²) < 4.78 is 6.08. The fourth-order valence-corrected chi connectivity index (χ4v) is 7.33. The first-order valence-electron chi connectivity index (χ1n) is 13.8. The van der Waals surface area contributed by atoms with Gasteiger partial charge in [0.2, 0.25) is 0 Å². The normalized spacial score (nSPS) is 11.9. The van der Waals surface area contributed by atoms with Gasteiger partial charge in [0.05, 0.1) is 32.3 Å². The molecule has 0 aliphatic rings. The summed E-state index contributed by atoms with van der Waals surface area (Å²) in [6.07, 6.45) is 0. The summed E-state index contributed by atoms with van der Waals surface area (Å²) in [7, 11) is 0. The Labute approximate surface area is 240 Å². The van der Waals surface area contributed by atoms with Crippen molar-refractivity contribution in [2.75, 3.05) is 0 Å². The molecule has 0 saturated heterocycles. The molecule has 0 amide bonds. The van der Waals surface area contributed by atoms with Gasteiger partial charge in [0, 0.05) is 38.5 Å². The van der Waals surface area contributed by atoms with E-state index in [1.807, 2.05) is 6.07 Å². The van der Waals surface area contributed by atoms with Crippen LogP contribution in [0.5, 0.6) is 0 Å². The lowest BCUT2D eigenvalue weighted by atomic mass is 10.1. The third kappa shape index (κ3) is 3.28. The molecule has 3 nitrogen and oxygen atoms in total. The fraction of sp³-hybridized carbons (Fsp3) is 0. The number of rotatable bonds is 3. The van der Waals surface area contributed by atoms with E-state index in [-0.39, 0.29) is 0 Å². The average Bonchev–Trinajstić information content (AvgIpc) is 3.72. The number of hydrogen-bond donors (Lipinski definition) is 0. The van der Waals surface area contributed by atoms with Crippen molar-refractivity contribution < 1.29 is 0 Å². The molecular formula is C37H23N3S. The third-order valence-corrected chi connectivity index (χ3v) is 9.23. The van der Waals surface area contributed by atoms with E-state index < -0.39 is 0 Å². The van der Waals surface area contributed by atoms with Crippen molar-refractivity contribution in [1.29, 1.82) is 0 Å². The maximum atomic E-state index is 4.89. The van der Waals surface area contributed by atoms with Crippen LogP contribution >= 0.6 is 11.3 Å². The van der Waals surface area contributed by atoms with Gasteiger partial charge in [-0.3, -0.25) is 0 Å². The molecule has 9 aromatic rings. The van der Waals surface area contributed by atoms with E-state index >= 15 is 0 Å². The summed E-state index contributed by atoms with van der Waals surface area (Å²) in [6.45, 7) is 0. The van der Waals surface area contributed by atoms with Gasteiger partial charge in [-0.05, 0) is 60.7 Å². The molecule has 41 heavy (non-hydrogen) atoms. The van der Waals surface area contributed by atoms with Crippen LogP contribution in [0.2, 0.25) is 0 Å². The maximum absolute atomic E-state index is 4.89. The van der Waals surface area contributed by atoms with Gasteiger partial charge in [-0.15, -0.1) is 11.3 Å². The van der Waals surface area contributed by atoms with E-state index in [0.717, 1.165) is 27.5 Å². The highest BCUT2D eigenvalue weighted by atomic mass is 32.1. The van der Waals surface area contributed by atoms with Crippen LogP contribution in [0.25, 0.3) is 75.8 Å². The van der Waals surface area contributed by atoms with Crippen LogP contribution in [0, 0.1) is 0 Å². The third-order valence-electron chi connectivity index (χ3n) is 8.15. The summed E-state index contributed by atoms with van der Waals surface area (Å²) in [5, 5.41) is 6.07. The summed E-state index contributed by atoms with van der Waals surface area (Å²) in [4.78, 5) is 4.89. The van der Waals surface area contributed by atoms with Crippen LogP contribution in [-0.4, -0.2) is 14.1 Å². The van der Waals surface area contributed by atoms with Crippen LogP contribution in [0.1, 0.15) is 0 Å². The van der Waals surface area contributed by atoms with E-state index in [1.54, 1.807) is 11.3 Å². The highest BCUT2D eigenvalue weighted by molar-refractivity contribution is 7.21. The van der Waals surface area contributed by atoms with Crippen LogP contribution in [-0.2, 0) is 0 Å². The minimum absolute atomic E-state index is 1.05. The lowest BCUT2D eigenvalue weighted by Crippen LogP contribution is -1.98. The van der Waals surface area contributed by atoms with Crippen LogP contribution in [0.4, 0.5) is 0 Å². The van der Waals surface area contributed by atoms with Gasteiger partial charge in [0.25, 0.3) is 0 Å². The Morgan fingerprint density at radius 3 is 1.61 bits per heavy atom. The number of benzene rings is 6. The van der Waals surface area contributed by atoms with E-state index in [0.29, 0.717) is 0 Å². The van der Waals surface area contributed by atoms with Crippen molar-refractivity contribution in [2.24, 2.45) is 0 Å². The largest absolute Gasteiger partial charge is 0.307 e. The SMILES string of the molecule is c1ccc(-n2c3ccccc3c3ccc4c5ccccc5n(-c5ccc(-c6nc7ccccc7s6)cc5)c4c32)cc1. The molecule has 3 heterocycles. The second-order valence-electron chi connectivity index (χ2n) is 10.4. The first kappa shape index (κ1) is 22.6. The summed E-state index contributed by atoms with van der Waals surface area (Å²) in [5.74, 6) is 0. The van der Waals surface area contributed by atoms with Crippen LogP contribution in [0.15, 0.2) is 140 Å². The molecule has 0 atom stereocenters. The fourth-order valence-electron chi connectivity index (χ4n) is 6.36. The van der Waals surface area contributed by atoms with E-state index in [2.05, 4.69) is 143 Å². The molecule has 0 aliphatic heterocycles. The van der Waals surface area contributed by atoms with Crippen molar-refractivity contribution in [1.82, 2.24) is 14.1 Å². The van der Waals surface area contributed by atoms with Crippen LogP contribution < -0.4 is 0 Å². The van der Waals surface area contributed by atoms with E-state index in [9.17, 15) is 0 Å². The zero-order valence-corrected chi connectivity index (χ0v) is 22.8. The molecule has 6 aromatic carbocycles. The van der Waals surface area contributed by atoms with Crippen molar-refractivity contribution in [2.45, 2.75) is 0 Å². The van der Waals surface area contributed by atoms with Gasteiger partial charge < -0.3 is 9.13 Å². The van der Waals surface area contributed by atoms with Crippen molar-refractivity contribution >= 4 is 65.2 Å². The van der Waals surface area contributed by atoms with Gasteiger partial charge in [-0.25, -0.2) is 4.98 Å². The molecule has 192 valence electrons. The Hall–Kier alpha value is -5.19. The molecule has 0 unspecified atom stereocenters. The molecule has 4 heteroatoms. The van der Waals surface area contributed by atoms with Crippen LogP contribution in [0.3, 0.4) is 0 Å². The Morgan fingerprint density at radius 2 is 0.976 bits per heavy atom. The second kappa shape index (κ2) is 8.65. The summed E-state index contributed by atoms with van der Waals surface area (Å²) >= 11 is 1.74. The van der Waals surface area contributed by atoms with Crippen molar-refractivity contribution in [3.63, 3.8) is 0 Å². The quantitative estimate of drug-likeness (QED) is 0.218. The Bertz CT molecular complexity index is 2370. The number of aromatic nitrogens is 3. The minimum atomic E-state index is 1.05. The smallest absolute Gasteiger partial charge is 0.124 e. The van der Waals surface area contributed by atoms with E-state index in [1.165, 1.54) is 48.3 Å². The standard InChI is InChI=1S/C37H23N3S/c1-2-10-25(11-3-1)39-32-15-7-4-12-27(32)29-22-23-30-28-13-5-8-16-33(28)40(36(30)35(29)39)26-20-18-24(19-21-26)37-38-31-14-6-9-17-34(31)41-37/h1-23H. The molecule has 9 rings (SSSR count). The summed E-state index contributed by atoms with van der Waals surface area (Å²) in [6, 6.07) is 50.0. The Kier molecular flexibility index (Phi) is 4.77. The highest BCUT2D eigenvalue weighted by Gasteiger charge is 2.21. The van der Waals surface area contributed by atoms with E-state index in [4.69, 9.17) is 4.98 Å². The average molecular weight is 542 g/mol. The number of nitrogens with zero attached hydrogens (tertiary/aromatic N) is 3. The number of fused-ring (bicyclic) bond motifs is 8. The molecule has 0 bridgehead atoms. The second-order valence-corrected chi connectivity index (χ2v) is 11.5. The molecule has 0 radical (unpaired) electrons. The first-order chi connectivity index (χ1) is 20.3. The molecule has 0 aliphatic carbocycles. The Balaban J connectivity index is 1.37. The van der Waals surface area contributed by atoms with Gasteiger partial charge in [-0.2, -0.15) is 0 Å².